The Morgan fingerprint density at radius 1 is 0.857 bits per heavy atom. The van der Waals surface area contributed by atoms with Crippen molar-refractivity contribution in [1.29, 1.82) is 0 Å². The topological polar surface area (TPSA) is 72.4 Å². The predicted octanol–water partition coefficient (Wildman–Crippen LogP) is 5.39. The van der Waals surface area contributed by atoms with Crippen molar-refractivity contribution in [3.05, 3.63) is 77.4 Å². The second-order valence-electron chi connectivity index (χ2n) is 8.82. The van der Waals surface area contributed by atoms with Crippen LogP contribution in [0.5, 0.6) is 0 Å². The molecule has 0 N–H and O–H groups in total. The SMILES string of the molecule is Cc1cc(C)cc(Sc2nnc(-c3ccc(C)c(S(=O)(=O)N4CCOCC4)c3)c3ccccc23)c1. The number of benzene rings is 3. The Kier molecular flexibility index (Phi) is 6.63. The van der Waals surface area contributed by atoms with Gasteiger partial charge in [-0.05, 0) is 55.7 Å². The molecule has 3 aromatic carbocycles. The highest BCUT2D eigenvalue weighted by Gasteiger charge is 2.28. The average Bonchev–Trinajstić information content (AvgIpc) is 2.84. The smallest absolute Gasteiger partial charge is 0.243 e. The maximum atomic E-state index is 13.4. The van der Waals surface area contributed by atoms with Gasteiger partial charge in [0.05, 0.1) is 18.1 Å². The zero-order valence-corrected chi connectivity index (χ0v) is 21.6. The molecule has 6 nitrogen and oxygen atoms in total. The molecule has 1 saturated heterocycles. The molecule has 0 aliphatic carbocycles. The van der Waals surface area contributed by atoms with E-state index in [4.69, 9.17) is 4.74 Å². The molecule has 180 valence electrons. The highest BCUT2D eigenvalue weighted by Crippen LogP contribution is 2.36. The van der Waals surface area contributed by atoms with Gasteiger partial charge in [-0.1, -0.05) is 54.2 Å². The van der Waals surface area contributed by atoms with Crippen molar-refractivity contribution in [3.63, 3.8) is 0 Å². The highest BCUT2D eigenvalue weighted by atomic mass is 32.2. The van der Waals surface area contributed by atoms with Gasteiger partial charge in [-0.15, -0.1) is 10.2 Å². The first-order valence-electron chi connectivity index (χ1n) is 11.5. The summed E-state index contributed by atoms with van der Waals surface area (Å²) in [6, 6.07) is 19.9. The summed E-state index contributed by atoms with van der Waals surface area (Å²) in [6.07, 6.45) is 0. The maximum absolute atomic E-state index is 13.4. The van der Waals surface area contributed by atoms with Gasteiger partial charge in [0.25, 0.3) is 0 Å². The first-order chi connectivity index (χ1) is 16.8. The van der Waals surface area contributed by atoms with E-state index in [1.54, 1.807) is 17.8 Å². The fraction of sp³-hybridized carbons (Fsp3) is 0.259. The van der Waals surface area contributed by atoms with E-state index >= 15 is 0 Å². The first-order valence-corrected chi connectivity index (χ1v) is 13.8. The average molecular weight is 506 g/mol. The second kappa shape index (κ2) is 9.70. The molecule has 0 unspecified atom stereocenters. The van der Waals surface area contributed by atoms with Crippen LogP contribution in [0.1, 0.15) is 16.7 Å². The van der Waals surface area contributed by atoms with Crippen molar-refractivity contribution in [2.75, 3.05) is 26.3 Å². The Hall–Kier alpha value is -2.78. The number of nitrogens with zero attached hydrogens (tertiary/aromatic N) is 3. The number of ether oxygens (including phenoxy) is 1. The van der Waals surface area contributed by atoms with Crippen molar-refractivity contribution in [2.45, 2.75) is 35.6 Å². The minimum atomic E-state index is -3.63. The summed E-state index contributed by atoms with van der Waals surface area (Å²) in [5.41, 5.74) is 4.52. The van der Waals surface area contributed by atoms with Crippen molar-refractivity contribution >= 4 is 32.6 Å². The van der Waals surface area contributed by atoms with Gasteiger partial charge in [-0.25, -0.2) is 8.42 Å². The van der Waals surface area contributed by atoms with Gasteiger partial charge in [0.2, 0.25) is 10.0 Å². The number of hydrogen-bond donors (Lipinski definition) is 0. The molecule has 35 heavy (non-hydrogen) atoms. The van der Waals surface area contributed by atoms with Crippen LogP contribution in [0.4, 0.5) is 0 Å². The molecule has 5 rings (SSSR count). The standard InChI is InChI=1S/C27H27N3O3S2/c1-18-14-19(2)16-22(15-18)34-27-24-7-5-4-6-23(24)26(28-29-27)21-9-8-20(3)25(17-21)35(31,32)30-10-12-33-13-11-30/h4-9,14-17H,10-13H2,1-3H3. The Balaban J connectivity index is 1.58. The van der Waals surface area contributed by atoms with Crippen molar-refractivity contribution in [2.24, 2.45) is 0 Å². The molecule has 1 aliphatic heterocycles. The molecule has 1 aliphatic rings. The Morgan fingerprint density at radius 2 is 1.54 bits per heavy atom. The molecule has 0 amide bonds. The molecule has 0 saturated carbocycles. The van der Waals surface area contributed by atoms with E-state index in [1.807, 2.05) is 43.3 Å². The van der Waals surface area contributed by atoms with Crippen LogP contribution in [0.3, 0.4) is 0 Å². The van der Waals surface area contributed by atoms with E-state index in [1.165, 1.54) is 15.4 Å². The highest BCUT2D eigenvalue weighted by molar-refractivity contribution is 7.99. The van der Waals surface area contributed by atoms with E-state index in [9.17, 15) is 8.42 Å². The first kappa shape index (κ1) is 23.9. The molecule has 1 aromatic heterocycles. The lowest BCUT2D eigenvalue weighted by molar-refractivity contribution is 0.0730. The molecule has 0 bridgehead atoms. The summed E-state index contributed by atoms with van der Waals surface area (Å²) in [5, 5.41) is 11.9. The molecule has 0 spiro atoms. The monoisotopic (exact) mass is 505 g/mol. The van der Waals surface area contributed by atoms with E-state index in [2.05, 4.69) is 42.2 Å². The normalized spacial score (nSPS) is 14.9. The van der Waals surface area contributed by atoms with Crippen LogP contribution in [0.25, 0.3) is 22.0 Å². The predicted molar refractivity (Wildman–Crippen MR) is 139 cm³/mol. The Labute approximate surface area is 210 Å². The molecule has 1 fully saturated rings. The zero-order valence-electron chi connectivity index (χ0n) is 20.0. The molecule has 4 aromatic rings. The van der Waals surface area contributed by atoms with Crippen LogP contribution in [0.2, 0.25) is 0 Å². The number of aryl methyl sites for hydroxylation is 3. The third-order valence-corrected chi connectivity index (χ3v) is 9.12. The number of rotatable bonds is 5. The van der Waals surface area contributed by atoms with Crippen LogP contribution in [0.15, 0.2) is 75.5 Å². The van der Waals surface area contributed by atoms with Gasteiger partial charge >= 0.3 is 0 Å². The van der Waals surface area contributed by atoms with Crippen LogP contribution < -0.4 is 0 Å². The summed E-state index contributed by atoms with van der Waals surface area (Å²) in [7, 11) is -3.63. The van der Waals surface area contributed by atoms with Crippen molar-refractivity contribution in [1.82, 2.24) is 14.5 Å². The van der Waals surface area contributed by atoms with Crippen LogP contribution >= 0.6 is 11.8 Å². The lowest BCUT2D eigenvalue weighted by Gasteiger charge is -2.26. The Morgan fingerprint density at radius 3 is 2.26 bits per heavy atom. The molecular formula is C27H27N3O3S2. The molecule has 8 heteroatoms. The van der Waals surface area contributed by atoms with Crippen molar-refractivity contribution < 1.29 is 13.2 Å². The van der Waals surface area contributed by atoms with Crippen LogP contribution in [-0.4, -0.2) is 49.2 Å². The lowest BCUT2D eigenvalue weighted by atomic mass is 10.0. The number of sulfonamides is 1. The largest absolute Gasteiger partial charge is 0.379 e. The van der Waals surface area contributed by atoms with Crippen LogP contribution in [0, 0.1) is 20.8 Å². The minimum absolute atomic E-state index is 0.302. The van der Waals surface area contributed by atoms with E-state index in [-0.39, 0.29) is 0 Å². The number of hydrogen-bond acceptors (Lipinski definition) is 6. The number of morpholine rings is 1. The Bertz CT molecular complexity index is 1490. The second-order valence-corrected chi connectivity index (χ2v) is 11.8. The quantitative estimate of drug-likeness (QED) is 0.362. The summed E-state index contributed by atoms with van der Waals surface area (Å²) in [4.78, 5) is 1.42. The van der Waals surface area contributed by atoms with Gasteiger partial charge in [0.15, 0.2) is 0 Å². The summed E-state index contributed by atoms with van der Waals surface area (Å²) >= 11 is 1.59. The van der Waals surface area contributed by atoms with Gasteiger partial charge in [0, 0.05) is 34.3 Å². The molecule has 0 atom stereocenters. The maximum Gasteiger partial charge on any atom is 0.243 e. The summed E-state index contributed by atoms with van der Waals surface area (Å²) < 4.78 is 33.6. The van der Waals surface area contributed by atoms with Crippen LogP contribution in [-0.2, 0) is 14.8 Å². The van der Waals surface area contributed by atoms with E-state index in [0.29, 0.717) is 42.5 Å². The fourth-order valence-corrected chi connectivity index (χ4v) is 7.16. The van der Waals surface area contributed by atoms with Gasteiger partial charge in [0.1, 0.15) is 10.7 Å². The number of fused-ring (bicyclic) bond motifs is 1. The third kappa shape index (κ3) is 4.84. The van der Waals surface area contributed by atoms with Crippen molar-refractivity contribution in [3.8, 4) is 11.3 Å². The molecule has 0 radical (unpaired) electrons. The minimum Gasteiger partial charge on any atom is -0.379 e. The van der Waals surface area contributed by atoms with Gasteiger partial charge < -0.3 is 4.74 Å². The summed E-state index contributed by atoms with van der Waals surface area (Å²) in [6.45, 7) is 7.54. The lowest BCUT2D eigenvalue weighted by Crippen LogP contribution is -2.40. The van der Waals surface area contributed by atoms with Gasteiger partial charge in [-0.2, -0.15) is 4.31 Å². The number of aromatic nitrogens is 2. The van der Waals surface area contributed by atoms with E-state index in [0.717, 1.165) is 26.3 Å². The molecular weight excluding hydrogens is 478 g/mol. The molecule has 2 heterocycles. The third-order valence-electron chi connectivity index (χ3n) is 6.11. The summed E-state index contributed by atoms with van der Waals surface area (Å²) in [5.74, 6) is 0. The fourth-order valence-electron chi connectivity index (χ4n) is 4.42. The van der Waals surface area contributed by atoms with E-state index < -0.39 is 10.0 Å². The zero-order chi connectivity index (χ0) is 24.6. The van der Waals surface area contributed by atoms with Gasteiger partial charge in [-0.3, -0.25) is 0 Å².